The lowest BCUT2D eigenvalue weighted by Gasteiger charge is -2.09. The van der Waals surface area contributed by atoms with Gasteiger partial charge >= 0.3 is 5.97 Å². The number of hydrogen-bond donors (Lipinski definition) is 1. The van der Waals surface area contributed by atoms with E-state index in [4.69, 9.17) is 11.6 Å². The maximum atomic E-state index is 11.4. The number of nitrogens with zero attached hydrogens (tertiary/aromatic N) is 1. The Kier molecular flexibility index (Phi) is 2.99. The molecule has 0 atom stereocenters. The van der Waals surface area contributed by atoms with Crippen molar-refractivity contribution >= 4 is 39.0 Å². The van der Waals surface area contributed by atoms with Gasteiger partial charge in [-0.15, -0.1) is 11.3 Å². The standard InChI is InChI=1S/C13H12ClNO2S/c14-10-5-8-9(6-15-10)18-12(13(16)17)11(8)7-3-1-2-4-7/h5-7H,1-4H2,(H,16,17). The topological polar surface area (TPSA) is 50.2 Å². The number of carboxylic acid groups (broad SMARTS) is 1. The average Bonchev–Trinajstić information content (AvgIpc) is 2.93. The molecule has 0 amide bonds. The minimum atomic E-state index is -0.839. The molecule has 0 unspecified atom stereocenters. The molecule has 0 saturated heterocycles. The molecule has 94 valence electrons. The lowest BCUT2D eigenvalue weighted by molar-refractivity contribution is 0.0700. The Morgan fingerprint density at radius 1 is 1.44 bits per heavy atom. The quantitative estimate of drug-likeness (QED) is 0.835. The van der Waals surface area contributed by atoms with Crippen molar-refractivity contribution in [3.63, 3.8) is 0 Å². The predicted molar refractivity (Wildman–Crippen MR) is 72.8 cm³/mol. The highest BCUT2D eigenvalue weighted by molar-refractivity contribution is 7.21. The third-order valence-corrected chi connectivity index (χ3v) is 4.89. The van der Waals surface area contributed by atoms with Crippen LogP contribution < -0.4 is 0 Å². The second kappa shape index (κ2) is 4.52. The third-order valence-electron chi connectivity index (χ3n) is 3.54. The minimum Gasteiger partial charge on any atom is -0.477 e. The van der Waals surface area contributed by atoms with Crippen molar-refractivity contribution in [3.05, 3.63) is 27.9 Å². The molecule has 1 aliphatic carbocycles. The molecule has 0 bridgehead atoms. The van der Waals surface area contributed by atoms with Crippen molar-refractivity contribution in [1.82, 2.24) is 4.98 Å². The molecule has 1 fully saturated rings. The Morgan fingerprint density at radius 3 is 2.83 bits per heavy atom. The van der Waals surface area contributed by atoms with Gasteiger partial charge in [0, 0.05) is 11.6 Å². The Hall–Kier alpha value is -1.13. The molecule has 0 spiro atoms. The first-order chi connectivity index (χ1) is 8.66. The van der Waals surface area contributed by atoms with Gasteiger partial charge in [0.05, 0.1) is 4.70 Å². The number of carbonyl (C=O) groups is 1. The first-order valence-electron chi connectivity index (χ1n) is 5.98. The van der Waals surface area contributed by atoms with Gasteiger partial charge in [0.2, 0.25) is 0 Å². The average molecular weight is 282 g/mol. The van der Waals surface area contributed by atoms with Gasteiger partial charge in [0.25, 0.3) is 0 Å². The molecular weight excluding hydrogens is 270 g/mol. The summed E-state index contributed by atoms with van der Waals surface area (Å²) < 4.78 is 0.915. The number of aromatic nitrogens is 1. The molecule has 18 heavy (non-hydrogen) atoms. The van der Waals surface area contributed by atoms with Gasteiger partial charge in [0.1, 0.15) is 10.0 Å². The van der Waals surface area contributed by atoms with Gasteiger partial charge in [-0.3, -0.25) is 0 Å². The normalized spacial score (nSPS) is 16.5. The summed E-state index contributed by atoms with van der Waals surface area (Å²) in [5.41, 5.74) is 0.976. The van der Waals surface area contributed by atoms with Crippen LogP contribution in [-0.2, 0) is 0 Å². The molecule has 1 N–H and O–H groups in total. The van der Waals surface area contributed by atoms with Crippen LogP contribution in [0.3, 0.4) is 0 Å². The largest absolute Gasteiger partial charge is 0.477 e. The highest BCUT2D eigenvalue weighted by Crippen LogP contribution is 2.43. The van der Waals surface area contributed by atoms with Crippen LogP contribution in [-0.4, -0.2) is 16.1 Å². The summed E-state index contributed by atoms with van der Waals surface area (Å²) in [6.45, 7) is 0. The van der Waals surface area contributed by atoms with Crippen molar-refractivity contribution < 1.29 is 9.90 Å². The number of pyridine rings is 1. The Labute approximate surface area is 113 Å². The van der Waals surface area contributed by atoms with Gasteiger partial charge in [-0.05, 0) is 30.4 Å². The van der Waals surface area contributed by atoms with E-state index in [9.17, 15) is 9.90 Å². The van der Waals surface area contributed by atoms with Crippen LogP contribution in [0.15, 0.2) is 12.3 Å². The van der Waals surface area contributed by atoms with E-state index in [0.29, 0.717) is 15.9 Å². The molecule has 1 saturated carbocycles. The van der Waals surface area contributed by atoms with Crippen LogP contribution >= 0.6 is 22.9 Å². The zero-order chi connectivity index (χ0) is 12.7. The Bertz CT molecular complexity index is 617. The maximum Gasteiger partial charge on any atom is 0.346 e. The van der Waals surface area contributed by atoms with Crippen LogP contribution in [0.1, 0.15) is 46.8 Å². The summed E-state index contributed by atoms with van der Waals surface area (Å²) in [7, 11) is 0. The van der Waals surface area contributed by atoms with E-state index in [2.05, 4.69) is 4.98 Å². The molecule has 3 nitrogen and oxygen atoms in total. The molecular formula is C13H12ClNO2S. The van der Waals surface area contributed by atoms with Crippen molar-refractivity contribution in [3.8, 4) is 0 Å². The molecule has 2 aromatic rings. The Morgan fingerprint density at radius 2 is 2.17 bits per heavy atom. The summed E-state index contributed by atoms with van der Waals surface area (Å²) in [6.07, 6.45) is 6.19. The highest BCUT2D eigenvalue weighted by atomic mass is 35.5. The van der Waals surface area contributed by atoms with Gasteiger partial charge in [-0.2, -0.15) is 0 Å². The smallest absolute Gasteiger partial charge is 0.346 e. The molecule has 2 heterocycles. The molecule has 0 aromatic carbocycles. The predicted octanol–water partition coefficient (Wildman–Crippen LogP) is 4.31. The van der Waals surface area contributed by atoms with E-state index in [0.717, 1.165) is 28.5 Å². The van der Waals surface area contributed by atoms with Crippen molar-refractivity contribution in [2.24, 2.45) is 0 Å². The minimum absolute atomic E-state index is 0.364. The van der Waals surface area contributed by atoms with E-state index >= 15 is 0 Å². The molecule has 0 radical (unpaired) electrons. The second-order valence-electron chi connectivity index (χ2n) is 4.63. The number of halogens is 1. The molecule has 1 aliphatic rings. The fraction of sp³-hybridized carbons (Fsp3) is 0.385. The first-order valence-corrected chi connectivity index (χ1v) is 7.17. The lowest BCUT2D eigenvalue weighted by Crippen LogP contribution is -2.01. The monoisotopic (exact) mass is 281 g/mol. The van der Waals surface area contributed by atoms with E-state index < -0.39 is 5.97 Å². The number of fused-ring (bicyclic) bond motifs is 1. The molecule has 3 rings (SSSR count). The maximum absolute atomic E-state index is 11.4. The van der Waals surface area contributed by atoms with Crippen molar-refractivity contribution in [1.29, 1.82) is 0 Å². The first kappa shape index (κ1) is 11.9. The zero-order valence-electron chi connectivity index (χ0n) is 9.65. The summed E-state index contributed by atoms with van der Waals surface area (Å²) in [5, 5.41) is 10.8. The third kappa shape index (κ3) is 1.89. The van der Waals surface area contributed by atoms with Gasteiger partial charge in [0.15, 0.2) is 0 Å². The number of thiophene rings is 1. The zero-order valence-corrected chi connectivity index (χ0v) is 11.2. The summed E-state index contributed by atoms with van der Waals surface area (Å²) >= 11 is 7.24. The number of carboxylic acids is 1. The number of rotatable bonds is 2. The molecule has 0 aliphatic heterocycles. The SMILES string of the molecule is O=C(O)c1sc2cnc(Cl)cc2c1C1CCCC1. The van der Waals surface area contributed by atoms with E-state index in [1.54, 1.807) is 12.3 Å². The van der Waals surface area contributed by atoms with E-state index in [1.807, 2.05) is 0 Å². The summed E-state index contributed by atoms with van der Waals surface area (Å²) in [5.74, 6) is -0.475. The van der Waals surface area contributed by atoms with Crippen molar-refractivity contribution in [2.45, 2.75) is 31.6 Å². The Balaban J connectivity index is 2.26. The second-order valence-corrected chi connectivity index (χ2v) is 6.07. The van der Waals surface area contributed by atoms with Crippen LogP contribution in [0, 0.1) is 0 Å². The van der Waals surface area contributed by atoms with E-state index in [1.165, 1.54) is 24.2 Å². The summed E-state index contributed by atoms with van der Waals surface area (Å²) in [4.78, 5) is 15.9. The fourth-order valence-corrected chi connectivity index (χ4v) is 4.01. The number of aromatic carboxylic acids is 1. The van der Waals surface area contributed by atoms with Crippen LogP contribution in [0.2, 0.25) is 5.15 Å². The van der Waals surface area contributed by atoms with Crippen molar-refractivity contribution in [2.75, 3.05) is 0 Å². The van der Waals surface area contributed by atoms with Gasteiger partial charge in [-0.1, -0.05) is 24.4 Å². The van der Waals surface area contributed by atoms with Gasteiger partial charge in [-0.25, -0.2) is 9.78 Å². The molecule has 5 heteroatoms. The van der Waals surface area contributed by atoms with Crippen LogP contribution in [0.25, 0.3) is 10.1 Å². The fourth-order valence-electron chi connectivity index (χ4n) is 2.78. The van der Waals surface area contributed by atoms with Crippen LogP contribution in [0.4, 0.5) is 0 Å². The summed E-state index contributed by atoms with van der Waals surface area (Å²) in [6, 6.07) is 1.80. The number of hydrogen-bond acceptors (Lipinski definition) is 3. The van der Waals surface area contributed by atoms with E-state index in [-0.39, 0.29) is 0 Å². The van der Waals surface area contributed by atoms with Gasteiger partial charge < -0.3 is 5.11 Å². The highest BCUT2D eigenvalue weighted by Gasteiger charge is 2.27. The van der Waals surface area contributed by atoms with Crippen LogP contribution in [0.5, 0.6) is 0 Å². The lowest BCUT2D eigenvalue weighted by atomic mass is 9.95. The molecule has 2 aromatic heterocycles.